The van der Waals surface area contributed by atoms with Gasteiger partial charge in [-0.25, -0.2) is 4.79 Å². The Morgan fingerprint density at radius 2 is 1.64 bits per heavy atom. The first-order valence-electron chi connectivity index (χ1n) is 15.3. The number of hydrogen-bond donors (Lipinski definition) is 4. The number of ether oxygens (including phenoxy) is 3. The third kappa shape index (κ3) is 8.82. The number of halogens is 1. The number of hydrogen-bond acceptors (Lipinski definition) is 8. The highest BCUT2D eigenvalue weighted by atomic mass is 35.5. The number of aliphatic hydroxyl groups excluding tert-OH is 1. The molecule has 2 heterocycles. The van der Waals surface area contributed by atoms with Gasteiger partial charge < -0.3 is 40.0 Å². The highest BCUT2D eigenvalue weighted by molar-refractivity contribution is 6.30. The maximum atomic E-state index is 12.2. The number of nitrogens with zero attached hydrogens (tertiary/aromatic N) is 1. The Morgan fingerprint density at radius 1 is 0.978 bits per heavy atom. The first-order chi connectivity index (χ1) is 21.7. The van der Waals surface area contributed by atoms with E-state index in [1.165, 1.54) is 0 Å². The van der Waals surface area contributed by atoms with Crippen LogP contribution >= 0.6 is 11.6 Å². The lowest BCUT2D eigenvalue weighted by atomic mass is 9.84. The maximum Gasteiger partial charge on any atom is 0.325 e. The molecule has 3 aromatic carbocycles. The molecular formula is C34H40ClN3O7. The highest BCUT2D eigenvalue weighted by Crippen LogP contribution is 2.39. The molecule has 2 aliphatic rings. The smallest absolute Gasteiger partial charge is 0.325 e. The Kier molecular flexibility index (Phi) is 11.1. The van der Waals surface area contributed by atoms with Crippen LogP contribution in [0.3, 0.4) is 0 Å². The Hall–Kier alpha value is -3.51. The second-order valence-electron chi connectivity index (χ2n) is 11.4. The van der Waals surface area contributed by atoms with Crippen LogP contribution in [0.4, 0.5) is 10.5 Å². The molecule has 0 radical (unpaired) electrons. The summed E-state index contributed by atoms with van der Waals surface area (Å²) >= 11 is 6.05. The number of rotatable bonds is 10. The van der Waals surface area contributed by atoms with E-state index in [4.69, 9.17) is 25.8 Å². The average Bonchev–Trinajstić information content (AvgIpc) is 3.05. The fourth-order valence-corrected chi connectivity index (χ4v) is 5.86. The Morgan fingerprint density at radius 3 is 2.29 bits per heavy atom. The van der Waals surface area contributed by atoms with Crippen molar-refractivity contribution in [1.29, 1.82) is 0 Å². The minimum absolute atomic E-state index is 0.0290. The lowest BCUT2D eigenvalue weighted by Gasteiger charge is -2.42. The second kappa shape index (κ2) is 15.2. The number of urea groups is 1. The number of carbonyl (C=O) groups excluding carboxylic acids is 2. The van der Waals surface area contributed by atoms with Crippen molar-refractivity contribution in [2.24, 2.45) is 0 Å². The first kappa shape index (κ1) is 32.9. The predicted molar refractivity (Wildman–Crippen MR) is 170 cm³/mol. The van der Waals surface area contributed by atoms with Crippen LogP contribution in [0.5, 0.6) is 0 Å². The summed E-state index contributed by atoms with van der Waals surface area (Å²) in [7, 11) is 0. The van der Waals surface area contributed by atoms with Gasteiger partial charge in [-0.15, -0.1) is 0 Å². The third-order valence-electron chi connectivity index (χ3n) is 8.28. The van der Waals surface area contributed by atoms with E-state index in [0.29, 0.717) is 36.5 Å². The first-order valence-corrected chi connectivity index (χ1v) is 15.6. The monoisotopic (exact) mass is 637 g/mol. The number of esters is 1. The number of aliphatic hydroxyl groups is 2. The van der Waals surface area contributed by atoms with Crippen molar-refractivity contribution in [1.82, 2.24) is 10.2 Å². The summed E-state index contributed by atoms with van der Waals surface area (Å²) in [6, 6.07) is 21.8. The van der Waals surface area contributed by atoms with Gasteiger partial charge in [-0.1, -0.05) is 60.1 Å². The van der Waals surface area contributed by atoms with E-state index < -0.39 is 23.9 Å². The van der Waals surface area contributed by atoms with Crippen molar-refractivity contribution in [2.75, 3.05) is 38.1 Å². The molecular weight excluding hydrogens is 598 g/mol. The van der Waals surface area contributed by atoms with Gasteiger partial charge in [-0.2, -0.15) is 0 Å². The van der Waals surface area contributed by atoms with Gasteiger partial charge in [0.15, 0.2) is 6.29 Å². The van der Waals surface area contributed by atoms with Gasteiger partial charge in [-0.3, -0.25) is 4.79 Å². The van der Waals surface area contributed by atoms with Crippen molar-refractivity contribution in [2.45, 2.75) is 56.9 Å². The van der Waals surface area contributed by atoms with Gasteiger partial charge in [-0.05, 0) is 60.7 Å². The van der Waals surface area contributed by atoms with Gasteiger partial charge in [0.2, 0.25) is 0 Å². The van der Waals surface area contributed by atoms with Crippen LogP contribution < -0.4 is 10.6 Å². The maximum absolute atomic E-state index is 12.2. The van der Waals surface area contributed by atoms with E-state index in [9.17, 15) is 19.8 Å². The molecule has 240 valence electrons. The molecule has 11 heteroatoms. The van der Waals surface area contributed by atoms with Gasteiger partial charge in [0.1, 0.15) is 6.54 Å². The van der Waals surface area contributed by atoms with Gasteiger partial charge in [0, 0.05) is 42.3 Å². The summed E-state index contributed by atoms with van der Waals surface area (Å²) < 4.78 is 17.8. The average molecular weight is 638 g/mol. The molecule has 0 unspecified atom stereocenters. The van der Waals surface area contributed by atoms with Crippen molar-refractivity contribution in [3.05, 3.63) is 100 Å². The van der Waals surface area contributed by atoms with Crippen molar-refractivity contribution >= 4 is 29.3 Å². The Bertz CT molecular complexity index is 1410. The molecule has 10 nitrogen and oxygen atoms in total. The van der Waals surface area contributed by atoms with Crippen LogP contribution in [-0.2, 0) is 31.2 Å². The Balaban J connectivity index is 1.24. The summed E-state index contributed by atoms with van der Waals surface area (Å²) in [5.74, 6) is -0.508. The number of nitrogens with one attached hydrogen (secondary N) is 2. The molecule has 2 amide bonds. The fraction of sp³-hybridized carbons (Fsp3) is 0.412. The topological polar surface area (TPSA) is 130 Å². The molecule has 0 spiro atoms. The van der Waals surface area contributed by atoms with Crippen molar-refractivity contribution in [3.63, 3.8) is 0 Å². The molecule has 2 saturated heterocycles. The number of piperidine rings is 1. The van der Waals surface area contributed by atoms with Crippen LogP contribution in [0.15, 0.2) is 72.8 Å². The van der Waals surface area contributed by atoms with E-state index in [2.05, 4.69) is 15.5 Å². The second-order valence-corrected chi connectivity index (χ2v) is 11.9. The largest absolute Gasteiger partial charge is 0.465 e. The zero-order chi connectivity index (χ0) is 31.8. The van der Waals surface area contributed by atoms with Crippen LogP contribution in [-0.4, -0.2) is 66.0 Å². The number of anilines is 1. The van der Waals surface area contributed by atoms with E-state index >= 15 is 0 Å². The molecule has 5 rings (SSSR count). The summed E-state index contributed by atoms with van der Waals surface area (Å²) in [5, 5.41) is 26.7. The fourth-order valence-electron chi connectivity index (χ4n) is 5.74. The molecule has 0 aromatic heterocycles. The third-order valence-corrected chi connectivity index (χ3v) is 8.53. The summed E-state index contributed by atoms with van der Waals surface area (Å²) in [4.78, 5) is 26.0. The van der Waals surface area contributed by atoms with Crippen LogP contribution in [0.25, 0.3) is 0 Å². The standard InChI is InChI=1S/C34H40ClN3O7/c1-2-43-31(40)20-36-33(41)37-28-13-7-25(8-14-28)32-44-29(19-30(45-32)24-5-3-23(22-39)4-6-24)21-38-17-15-34(42,16-18-38)26-9-11-27(35)12-10-26/h3-14,29-30,32,39,42H,2,15-22H2,1H3,(H2,36,37,41)/t29-,30+,32+/m0/s1. The molecule has 4 N–H and O–H groups in total. The molecule has 0 aliphatic carbocycles. The van der Waals surface area contributed by atoms with E-state index in [1.807, 2.05) is 60.7 Å². The summed E-state index contributed by atoms with van der Waals surface area (Å²) in [6.45, 7) is 3.82. The van der Waals surface area contributed by atoms with Crippen LogP contribution in [0.1, 0.15) is 60.8 Å². The number of benzene rings is 3. The highest BCUT2D eigenvalue weighted by Gasteiger charge is 2.37. The number of carbonyl (C=O) groups is 2. The zero-order valence-corrected chi connectivity index (χ0v) is 26.0. The van der Waals surface area contributed by atoms with E-state index in [0.717, 1.165) is 35.3 Å². The Labute approximate surface area is 268 Å². The minimum atomic E-state index is -0.886. The van der Waals surface area contributed by atoms with E-state index in [1.54, 1.807) is 19.1 Å². The lowest BCUT2D eigenvalue weighted by molar-refractivity contribution is -0.253. The summed E-state index contributed by atoms with van der Waals surface area (Å²) in [6.07, 6.45) is 0.842. The molecule has 45 heavy (non-hydrogen) atoms. The molecule has 2 fully saturated rings. The molecule has 2 aliphatic heterocycles. The van der Waals surface area contributed by atoms with Crippen LogP contribution in [0, 0.1) is 0 Å². The molecule has 3 aromatic rings. The zero-order valence-electron chi connectivity index (χ0n) is 25.3. The normalized spacial score (nSPS) is 21.6. The van der Waals surface area contributed by atoms with Gasteiger partial charge >= 0.3 is 12.0 Å². The van der Waals surface area contributed by atoms with Crippen molar-refractivity contribution in [3.8, 4) is 0 Å². The van der Waals surface area contributed by atoms with Gasteiger partial charge in [0.05, 0.1) is 31.0 Å². The SMILES string of the molecule is CCOC(=O)CNC(=O)Nc1ccc([C@@H]2O[C@H](CN3CCC(O)(c4ccc(Cl)cc4)CC3)C[C@H](c3ccc(CO)cc3)O2)cc1. The lowest BCUT2D eigenvalue weighted by Crippen LogP contribution is -2.46. The number of likely N-dealkylation sites (tertiary alicyclic amines) is 1. The van der Waals surface area contributed by atoms with Crippen LogP contribution in [0.2, 0.25) is 5.02 Å². The molecule has 3 atom stereocenters. The molecule has 0 saturated carbocycles. The van der Waals surface area contributed by atoms with Gasteiger partial charge in [0.25, 0.3) is 0 Å². The predicted octanol–water partition coefficient (Wildman–Crippen LogP) is 5.05. The molecule has 0 bridgehead atoms. The number of amides is 2. The van der Waals surface area contributed by atoms with Crippen molar-refractivity contribution < 1.29 is 34.0 Å². The minimum Gasteiger partial charge on any atom is -0.465 e. The quantitative estimate of drug-likeness (QED) is 0.228. The van der Waals surface area contributed by atoms with E-state index in [-0.39, 0.29) is 32.0 Å². The summed E-state index contributed by atoms with van der Waals surface area (Å²) in [5.41, 5.74) is 3.17.